The number of carboxylic acids is 1. The summed E-state index contributed by atoms with van der Waals surface area (Å²) in [7, 11) is 0. The maximum absolute atomic E-state index is 10.1. The van der Waals surface area contributed by atoms with Crippen molar-refractivity contribution in [3.8, 4) is 35.5 Å². The van der Waals surface area contributed by atoms with Crippen molar-refractivity contribution in [2.75, 3.05) is 0 Å². The largest absolute Gasteiger partial charge is 1.00 e. The Bertz CT molecular complexity index is 531. The Kier molecular flexibility index (Phi) is 21.4. The molecule has 0 saturated heterocycles. The summed E-state index contributed by atoms with van der Waals surface area (Å²) in [5, 5.41) is 10.1. The fraction of sp³-hybridized carbons (Fsp3) is 0.389. The van der Waals surface area contributed by atoms with Crippen LogP contribution < -0.4 is 34.7 Å². The van der Waals surface area contributed by atoms with E-state index in [1.807, 2.05) is 6.08 Å². The Labute approximate surface area is 164 Å². The average Bonchev–Trinajstić information content (AvgIpc) is 2.46. The molecule has 0 amide bonds. The minimum absolute atomic E-state index is 0. The van der Waals surface area contributed by atoms with E-state index in [-0.39, 0.29) is 36.0 Å². The summed E-state index contributed by atoms with van der Waals surface area (Å²) >= 11 is 3.14. The van der Waals surface area contributed by atoms with Gasteiger partial charge in [0.2, 0.25) is 0 Å². The standard InChI is InChI=1S/C18H19BrO2.Na/c19-17-15-13-11-9-7-5-3-1-2-4-6-8-10-12-14-16-18(20)21;/h7,9,15,17H,1-3,5,12,14,16H2,(H,20,21);/q;+1/p-1/b9-7+,17-15+;. The minimum atomic E-state index is -1.03. The van der Waals surface area contributed by atoms with E-state index in [1.165, 1.54) is 0 Å². The second kappa shape index (κ2) is 20.1. The number of unbranched alkanes of at least 4 members (excludes halogenated alkanes) is 4. The van der Waals surface area contributed by atoms with Crippen molar-refractivity contribution in [3.05, 3.63) is 23.2 Å². The van der Waals surface area contributed by atoms with E-state index in [0.717, 1.165) is 25.7 Å². The van der Waals surface area contributed by atoms with Gasteiger partial charge < -0.3 is 9.90 Å². The van der Waals surface area contributed by atoms with Crippen LogP contribution >= 0.6 is 15.9 Å². The third-order valence-electron chi connectivity index (χ3n) is 2.28. The smallest absolute Gasteiger partial charge is 0.550 e. The van der Waals surface area contributed by atoms with Crippen molar-refractivity contribution in [1.82, 2.24) is 0 Å². The zero-order valence-electron chi connectivity index (χ0n) is 13.0. The summed E-state index contributed by atoms with van der Waals surface area (Å²) in [6, 6.07) is 0. The number of halogens is 1. The van der Waals surface area contributed by atoms with Gasteiger partial charge in [-0.3, -0.25) is 0 Å². The summed E-state index contributed by atoms with van der Waals surface area (Å²) < 4.78 is 0. The van der Waals surface area contributed by atoms with Gasteiger partial charge in [-0.05, 0) is 61.1 Å². The van der Waals surface area contributed by atoms with Gasteiger partial charge in [-0.2, -0.15) is 0 Å². The number of carboxylic acid groups (broad SMARTS) is 1. The number of aliphatic carboxylic acids is 1. The molecule has 22 heavy (non-hydrogen) atoms. The predicted octanol–water partition coefficient (Wildman–Crippen LogP) is -0.0540. The van der Waals surface area contributed by atoms with E-state index in [9.17, 15) is 9.90 Å². The van der Waals surface area contributed by atoms with Crippen LogP contribution in [0.5, 0.6) is 0 Å². The number of hydrogen-bond acceptors (Lipinski definition) is 2. The van der Waals surface area contributed by atoms with Crippen LogP contribution in [0.25, 0.3) is 0 Å². The zero-order valence-corrected chi connectivity index (χ0v) is 16.5. The van der Waals surface area contributed by atoms with Gasteiger partial charge in [0.15, 0.2) is 0 Å². The molecule has 0 aliphatic rings. The van der Waals surface area contributed by atoms with Crippen LogP contribution in [0.3, 0.4) is 0 Å². The average molecular weight is 369 g/mol. The van der Waals surface area contributed by atoms with E-state index < -0.39 is 5.97 Å². The second-order valence-corrected chi connectivity index (χ2v) is 4.59. The molecule has 0 spiro atoms. The zero-order chi connectivity index (χ0) is 15.6. The van der Waals surface area contributed by atoms with Gasteiger partial charge in [0.1, 0.15) is 0 Å². The molecule has 0 fully saturated rings. The SMILES string of the molecule is O=C([O-])CCCC#CC#CCCCC/C=C/C#C/C=C/Br.[Na+]. The fourth-order valence-electron chi connectivity index (χ4n) is 1.28. The molecule has 0 bridgehead atoms. The fourth-order valence-corrected chi connectivity index (χ4v) is 1.41. The number of carbonyl (C=O) groups excluding carboxylic acids is 1. The normalized spacial score (nSPS) is 8.95. The molecule has 0 atom stereocenters. The van der Waals surface area contributed by atoms with E-state index in [4.69, 9.17) is 0 Å². The van der Waals surface area contributed by atoms with Gasteiger partial charge in [0.25, 0.3) is 0 Å². The first-order valence-electron chi connectivity index (χ1n) is 6.84. The maximum atomic E-state index is 10.1. The molecule has 0 aliphatic heterocycles. The van der Waals surface area contributed by atoms with Crippen molar-refractivity contribution in [3.63, 3.8) is 0 Å². The van der Waals surface area contributed by atoms with E-state index in [2.05, 4.69) is 57.5 Å². The molecule has 0 rings (SSSR count). The van der Waals surface area contributed by atoms with Gasteiger partial charge in [0.05, 0.1) is 0 Å². The molecule has 0 N–H and O–H groups in total. The van der Waals surface area contributed by atoms with Crippen LogP contribution in [0.1, 0.15) is 44.9 Å². The van der Waals surface area contributed by atoms with Gasteiger partial charge in [-0.1, -0.05) is 45.7 Å². The molecular weight excluding hydrogens is 351 g/mol. The van der Waals surface area contributed by atoms with Crippen molar-refractivity contribution in [1.29, 1.82) is 0 Å². The first-order chi connectivity index (χ1) is 10.3. The van der Waals surface area contributed by atoms with Crippen LogP contribution in [0.4, 0.5) is 0 Å². The van der Waals surface area contributed by atoms with Crippen molar-refractivity contribution in [2.24, 2.45) is 0 Å². The summed E-state index contributed by atoms with van der Waals surface area (Å²) in [6.45, 7) is 0. The summed E-state index contributed by atoms with van der Waals surface area (Å²) in [6.07, 6.45) is 10.8. The van der Waals surface area contributed by atoms with Crippen LogP contribution in [-0.4, -0.2) is 5.97 Å². The molecular formula is C18H18BrNaO2. The van der Waals surface area contributed by atoms with Gasteiger partial charge in [-0.15, -0.1) is 0 Å². The maximum Gasteiger partial charge on any atom is 1.00 e. The molecule has 110 valence electrons. The summed E-state index contributed by atoms with van der Waals surface area (Å²) in [5.74, 6) is 16.0. The number of carbonyl (C=O) groups is 1. The Hall–Kier alpha value is -0.890. The molecule has 0 radical (unpaired) electrons. The summed E-state index contributed by atoms with van der Waals surface area (Å²) in [5.41, 5.74) is 0. The summed E-state index contributed by atoms with van der Waals surface area (Å²) in [4.78, 5) is 11.9. The molecule has 0 heterocycles. The van der Waals surface area contributed by atoms with Crippen LogP contribution in [-0.2, 0) is 4.79 Å². The number of allylic oxidation sites excluding steroid dienone is 3. The Morgan fingerprint density at radius 1 is 1.00 bits per heavy atom. The third-order valence-corrected chi connectivity index (χ3v) is 2.54. The number of hydrogen-bond donors (Lipinski definition) is 0. The predicted molar refractivity (Wildman–Crippen MR) is 87.9 cm³/mol. The quantitative estimate of drug-likeness (QED) is 0.359. The van der Waals surface area contributed by atoms with Crippen molar-refractivity contribution in [2.45, 2.75) is 44.9 Å². The molecule has 0 unspecified atom stereocenters. The van der Waals surface area contributed by atoms with Gasteiger partial charge in [-0.25, -0.2) is 0 Å². The van der Waals surface area contributed by atoms with E-state index >= 15 is 0 Å². The first kappa shape index (κ1) is 23.4. The molecule has 4 heteroatoms. The number of rotatable bonds is 7. The first-order valence-corrected chi connectivity index (χ1v) is 7.76. The van der Waals surface area contributed by atoms with Gasteiger partial charge in [0, 0.05) is 18.8 Å². The Morgan fingerprint density at radius 3 is 2.27 bits per heavy atom. The van der Waals surface area contributed by atoms with Crippen LogP contribution in [0.15, 0.2) is 23.2 Å². The molecule has 0 aliphatic carbocycles. The molecule has 0 aromatic carbocycles. The molecule has 0 aromatic rings. The third kappa shape index (κ3) is 21.4. The van der Waals surface area contributed by atoms with Gasteiger partial charge >= 0.3 is 29.6 Å². The van der Waals surface area contributed by atoms with Crippen LogP contribution in [0.2, 0.25) is 0 Å². The van der Waals surface area contributed by atoms with Crippen LogP contribution in [0, 0.1) is 35.5 Å². The molecule has 0 saturated carbocycles. The van der Waals surface area contributed by atoms with E-state index in [0.29, 0.717) is 12.8 Å². The van der Waals surface area contributed by atoms with E-state index in [1.54, 1.807) is 11.1 Å². The molecule has 2 nitrogen and oxygen atoms in total. The van der Waals surface area contributed by atoms with Crippen molar-refractivity contribution < 1.29 is 39.5 Å². The Morgan fingerprint density at radius 2 is 1.64 bits per heavy atom. The topological polar surface area (TPSA) is 40.1 Å². The monoisotopic (exact) mass is 368 g/mol. The minimum Gasteiger partial charge on any atom is -0.550 e. The second-order valence-electron chi connectivity index (χ2n) is 4.06. The van der Waals surface area contributed by atoms with Crippen molar-refractivity contribution >= 4 is 21.9 Å². The Balaban J connectivity index is 0. The molecule has 0 aromatic heterocycles.